The molecule has 128 valence electrons. The average Bonchev–Trinajstić information content (AvgIpc) is 2.36. The number of nitrogens with two attached hydrogens (primary N) is 1. The van der Waals surface area contributed by atoms with Crippen molar-refractivity contribution in [3.63, 3.8) is 0 Å². The van der Waals surface area contributed by atoms with Crippen LogP contribution in [0.5, 0.6) is 0 Å². The van der Waals surface area contributed by atoms with Crippen LogP contribution in [0.15, 0.2) is 0 Å². The van der Waals surface area contributed by atoms with Gasteiger partial charge in [0.1, 0.15) is 30.5 Å². The van der Waals surface area contributed by atoms with Crippen molar-refractivity contribution in [1.82, 2.24) is 0 Å². The van der Waals surface area contributed by atoms with E-state index >= 15 is 0 Å². The third kappa shape index (κ3) is 5.71. The van der Waals surface area contributed by atoms with Crippen LogP contribution in [0.1, 0.15) is 13.3 Å². The highest BCUT2D eigenvalue weighted by molar-refractivity contribution is 7.46. The SMILES string of the molecule is CC(=O)CC(=O)OC1O[C@H](COP(=O)(O)O)[C@@H](O)[C@H](O)[C@H]1N. The largest absolute Gasteiger partial charge is 0.469 e. The van der Waals surface area contributed by atoms with Gasteiger partial charge in [0, 0.05) is 0 Å². The van der Waals surface area contributed by atoms with E-state index in [9.17, 15) is 24.4 Å². The molecule has 12 heteroatoms. The first kappa shape index (κ1) is 19.1. The molecule has 0 bridgehead atoms. The molecule has 1 aliphatic rings. The van der Waals surface area contributed by atoms with E-state index in [1.54, 1.807) is 0 Å². The van der Waals surface area contributed by atoms with Gasteiger partial charge in [-0.3, -0.25) is 14.1 Å². The van der Waals surface area contributed by atoms with Crippen LogP contribution in [0.4, 0.5) is 0 Å². The first-order valence-corrected chi connectivity index (χ1v) is 7.70. The molecule has 11 nitrogen and oxygen atoms in total. The van der Waals surface area contributed by atoms with Crippen LogP contribution in [0.2, 0.25) is 0 Å². The molecular weight excluding hydrogens is 325 g/mol. The topological polar surface area (TPSA) is 186 Å². The minimum absolute atomic E-state index is 0.462. The van der Waals surface area contributed by atoms with E-state index in [-0.39, 0.29) is 0 Å². The number of carbonyl (C=O) groups is 2. The molecule has 0 saturated carbocycles. The van der Waals surface area contributed by atoms with Gasteiger partial charge in [0.05, 0.1) is 12.6 Å². The maximum atomic E-state index is 11.4. The Hall–Kier alpha value is -0.910. The molecule has 0 radical (unpaired) electrons. The molecule has 0 aromatic rings. The van der Waals surface area contributed by atoms with Crippen LogP contribution in [-0.4, -0.2) is 69.0 Å². The first-order chi connectivity index (χ1) is 10.0. The van der Waals surface area contributed by atoms with E-state index in [1.807, 2.05) is 0 Å². The van der Waals surface area contributed by atoms with Crippen LogP contribution in [0.25, 0.3) is 0 Å². The van der Waals surface area contributed by atoms with Gasteiger partial charge in [0.25, 0.3) is 0 Å². The van der Waals surface area contributed by atoms with Crippen molar-refractivity contribution >= 4 is 19.6 Å². The number of esters is 1. The molecule has 1 aliphatic heterocycles. The van der Waals surface area contributed by atoms with Gasteiger partial charge >= 0.3 is 13.8 Å². The second-order valence-corrected chi connectivity index (χ2v) is 6.00. The lowest BCUT2D eigenvalue weighted by Gasteiger charge is -2.40. The van der Waals surface area contributed by atoms with Crippen molar-refractivity contribution in [2.75, 3.05) is 6.61 Å². The third-order valence-electron chi connectivity index (χ3n) is 2.80. The number of phosphoric ester groups is 1. The van der Waals surface area contributed by atoms with Crippen LogP contribution < -0.4 is 5.73 Å². The summed E-state index contributed by atoms with van der Waals surface area (Å²) in [6, 6.07) is -1.31. The second kappa shape index (κ2) is 7.57. The molecule has 0 aromatic heterocycles. The number of Topliss-reactive ketones (excluding diaryl/α,β-unsaturated/α-hetero) is 1. The summed E-state index contributed by atoms with van der Waals surface area (Å²) in [6.07, 6.45) is -6.62. The Bertz CT molecular complexity index is 465. The smallest absolute Gasteiger partial charge is 0.434 e. The summed E-state index contributed by atoms with van der Waals surface area (Å²) in [4.78, 5) is 39.4. The fraction of sp³-hybridized carbons (Fsp3) is 0.800. The molecular formula is C10H18NO10P. The molecule has 1 saturated heterocycles. The molecule has 1 heterocycles. The van der Waals surface area contributed by atoms with Gasteiger partial charge in [-0.1, -0.05) is 0 Å². The highest BCUT2D eigenvalue weighted by atomic mass is 31.2. The molecule has 0 aromatic carbocycles. The highest BCUT2D eigenvalue weighted by Gasteiger charge is 2.45. The monoisotopic (exact) mass is 343 g/mol. The molecule has 0 amide bonds. The standard InChI is InChI=1S/C10H18NO10P/c1-4(12)2-6(13)21-10-7(11)9(15)8(14)5(20-10)3-19-22(16,17)18/h5,7-10,14-15H,2-3,11H2,1H3,(H2,16,17,18)/t5-,7-,8-,9-,10?/m1/s1. The highest BCUT2D eigenvalue weighted by Crippen LogP contribution is 2.36. The Kier molecular flexibility index (Phi) is 6.59. The summed E-state index contributed by atoms with van der Waals surface area (Å²) in [7, 11) is -4.82. The predicted octanol–water partition coefficient (Wildman–Crippen LogP) is -2.61. The third-order valence-corrected chi connectivity index (χ3v) is 3.28. The molecule has 0 aliphatic carbocycles. The predicted molar refractivity (Wildman–Crippen MR) is 68.0 cm³/mol. The normalized spacial score (nSPS) is 32.5. The van der Waals surface area contributed by atoms with Crippen molar-refractivity contribution in [3.8, 4) is 0 Å². The van der Waals surface area contributed by atoms with Gasteiger partial charge in [-0.2, -0.15) is 0 Å². The Labute approximate surface area is 125 Å². The second-order valence-electron chi connectivity index (χ2n) is 4.76. The lowest BCUT2D eigenvalue weighted by atomic mass is 9.98. The van der Waals surface area contributed by atoms with Gasteiger partial charge < -0.3 is 35.2 Å². The Morgan fingerprint density at radius 2 is 1.86 bits per heavy atom. The van der Waals surface area contributed by atoms with Crippen LogP contribution in [0, 0.1) is 0 Å². The summed E-state index contributed by atoms with van der Waals surface area (Å²) >= 11 is 0. The average molecular weight is 343 g/mol. The maximum absolute atomic E-state index is 11.4. The first-order valence-electron chi connectivity index (χ1n) is 6.17. The molecule has 1 unspecified atom stereocenters. The minimum Gasteiger partial charge on any atom is -0.434 e. The van der Waals surface area contributed by atoms with Gasteiger partial charge in [0.15, 0.2) is 0 Å². The van der Waals surface area contributed by atoms with E-state index in [0.717, 1.165) is 6.92 Å². The quantitative estimate of drug-likeness (QED) is 0.193. The van der Waals surface area contributed by atoms with Crippen molar-refractivity contribution < 1.29 is 48.2 Å². The number of carbonyl (C=O) groups excluding carboxylic acids is 2. The maximum Gasteiger partial charge on any atom is 0.469 e. The zero-order valence-electron chi connectivity index (χ0n) is 11.6. The van der Waals surface area contributed by atoms with E-state index in [2.05, 4.69) is 4.52 Å². The Balaban J connectivity index is 2.71. The number of rotatable bonds is 6. The van der Waals surface area contributed by atoms with E-state index in [1.165, 1.54) is 0 Å². The Morgan fingerprint density at radius 3 is 2.36 bits per heavy atom. The number of ketones is 1. The molecule has 22 heavy (non-hydrogen) atoms. The van der Waals surface area contributed by atoms with Crippen molar-refractivity contribution in [1.29, 1.82) is 0 Å². The van der Waals surface area contributed by atoms with Crippen molar-refractivity contribution in [2.45, 2.75) is 44.0 Å². The molecule has 5 atom stereocenters. The Morgan fingerprint density at radius 1 is 1.27 bits per heavy atom. The number of hydrogen-bond acceptors (Lipinski definition) is 9. The van der Waals surface area contributed by atoms with E-state index in [0.29, 0.717) is 0 Å². The molecule has 1 rings (SSSR count). The fourth-order valence-electron chi connectivity index (χ4n) is 1.74. The van der Waals surface area contributed by atoms with Crippen molar-refractivity contribution in [3.05, 3.63) is 0 Å². The summed E-state index contributed by atoms with van der Waals surface area (Å²) < 4.78 is 24.6. The number of hydrogen-bond donors (Lipinski definition) is 5. The summed E-state index contributed by atoms with van der Waals surface area (Å²) in [5.74, 6) is -1.41. The fourth-order valence-corrected chi connectivity index (χ4v) is 2.08. The van der Waals surface area contributed by atoms with E-state index in [4.69, 9.17) is 25.0 Å². The zero-order chi connectivity index (χ0) is 17.1. The molecule has 1 fully saturated rings. The van der Waals surface area contributed by atoms with Crippen LogP contribution in [-0.2, 0) is 28.2 Å². The number of aliphatic hydroxyl groups excluding tert-OH is 2. The number of aliphatic hydroxyl groups is 2. The summed E-state index contributed by atoms with van der Waals surface area (Å²) in [5, 5.41) is 19.5. The van der Waals surface area contributed by atoms with Gasteiger partial charge in [0.2, 0.25) is 6.29 Å². The van der Waals surface area contributed by atoms with E-state index < -0.39 is 63.2 Å². The van der Waals surface area contributed by atoms with Gasteiger partial charge in [-0.05, 0) is 6.92 Å². The van der Waals surface area contributed by atoms with Gasteiger partial charge in [-0.15, -0.1) is 0 Å². The molecule has 6 N–H and O–H groups in total. The lowest BCUT2D eigenvalue weighted by molar-refractivity contribution is -0.258. The van der Waals surface area contributed by atoms with Crippen LogP contribution >= 0.6 is 7.82 Å². The number of ether oxygens (including phenoxy) is 2. The van der Waals surface area contributed by atoms with Gasteiger partial charge in [-0.25, -0.2) is 4.57 Å². The summed E-state index contributed by atoms with van der Waals surface area (Å²) in [5.41, 5.74) is 5.54. The van der Waals surface area contributed by atoms with Crippen LogP contribution in [0.3, 0.4) is 0 Å². The lowest BCUT2D eigenvalue weighted by Crippen LogP contribution is -2.62. The minimum atomic E-state index is -4.82. The summed E-state index contributed by atoms with van der Waals surface area (Å²) in [6.45, 7) is 0.397. The molecule has 0 spiro atoms. The number of phosphoric acid groups is 1. The zero-order valence-corrected chi connectivity index (χ0v) is 12.5. The van der Waals surface area contributed by atoms with Crippen molar-refractivity contribution in [2.24, 2.45) is 5.73 Å².